The Balaban J connectivity index is 1.84. The molecule has 290 valence electrons. The number of ether oxygens (including phenoxy) is 3. The second kappa shape index (κ2) is 34.2. The highest BCUT2D eigenvalue weighted by molar-refractivity contribution is 5.69. The Bertz CT molecular complexity index is 878. The van der Waals surface area contributed by atoms with Crippen LogP contribution in [0.25, 0.3) is 0 Å². The third-order valence-corrected chi connectivity index (χ3v) is 9.46. The van der Waals surface area contributed by atoms with Crippen molar-refractivity contribution in [2.24, 2.45) is 5.92 Å². The molecule has 3 atom stereocenters. The quantitative estimate of drug-likeness (QED) is 0.0303. The summed E-state index contributed by atoms with van der Waals surface area (Å²) in [5.41, 5.74) is 0. The highest BCUT2D eigenvalue weighted by Gasteiger charge is 2.35. The molecular weight excluding hydrogens is 624 g/mol. The van der Waals surface area contributed by atoms with Crippen molar-refractivity contribution in [3.8, 4) is 0 Å². The fourth-order valence-corrected chi connectivity index (χ4v) is 6.13. The topological polar surface area (TPSA) is 85.4 Å². The predicted octanol–water partition coefficient (Wildman–Crippen LogP) is 12.1. The van der Waals surface area contributed by atoms with E-state index in [9.17, 15) is 14.7 Å². The normalized spacial score (nSPS) is 16.7. The molecule has 1 N–H and O–H groups in total. The van der Waals surface area contributed by atoms with E-state index in [1.807, 2.05) is 0 Å². The molecule has 6 heteroatoms. The molecule has 0 aromatic heterocycles. The minimum atomic E-state index is -0.990. The maximum absolute atomic E-state index is 12.0. The Labute approximate surface area is 308 Å². The van der Waals surface area contributed by atoms with Gasteiger partial charge in [0.15, 0.2) is 0 Å². The molecule has 0 aromatic carbocycles. The Kier molecular flexibility index (Phi) is 31.5. The largest absolute Gasteiger partial charge is 0.463 e. The molecule has 0 aromatic rings. The molecule has 1 fully saturated rings. The van der Waals surface area contributed by atoms with Crippen molar-refractivity contribution in [1.82, 2.24) is 0 Å². The summed E-state index contributed by atoms with van der Waals surface area (Å²) in [6.45, 7) is 6.58. The zero-order valence-corrected chi connectivity index (χ0v) is 32.8. The number of carbonyl (C=O) groups excluding carboxylic acids is 2. The number of carbonyl (C=O) groups is 2. The zero-order valence-electron chi connectivity index (χ0n) is 32.8. The van der Waals surface area contributed by atoms with E-state index in [1.165, 1.54) is 109 Å². The monoisotopic (exact) mass is 703 g/mol. The molecule has 0 spiro atoms. The fraction of sp³-hybridized carbons (Fsp3) is 0.818. The third kappa shape index (κ3) is 32.0. The van der Waals surface area contributed by atoms with Crippen LogP contribution in [-0.4, -0.2) is 48.6 Å². The summed E-state index contributed by atoms with van der Waals surface area (Å²) in [5.74, 6) is 0.220. The first-order valence-corrected chi connectivity index (χ1v) is 21.0. The van der Waals surface area contributed by atoms with Crippen LogP contribution in [0.2, 0.25) is 0 Å². The van der Waals surface area contributed by atoms with Gasteiger partial charge in [0, 0.05) is 12.8 Å². The average molecular weight is 703 g/mol. The first kappa shape index (κ1) is 46.1. The number of aliphatic hydroxyl groups is 1. The number of rotatable bonds is 36. The molecule has 0 amide bonds. The van der Waals surface area contributed by atoms with Gasteiger partial charge >= 0.3 is 11.9 Å². The van der Waals surface area contributed by atoms with E-state index in [0.29, 0.717) is 31.5 Å². The van der Waals surface area contributed by atoms with Gasteiger partial charge in [-0.05, 0) is 57.3 Å². The minimum absolute atomic E-state index is 0.136. The lowest BCUT2D eigenvalue weighted by Crippen LogP contribution is -2.25. The molecule has 0 saturated carbocycles. The molecule has 1 saturated heterocycles. The lowest BCUT2D eigenvalue weighted by atomic mass is 10.0. The number of aliphatic hydroxyl groups excluding tert-OH is 1. The summed E-state index contributed by atoms with van der Waals surface area (Å²) < 4.78 is 16.1. The summed E-state index contributed by atoms with van der Waals surface area (Å²) in [4.78, 5) is 24.0. The van der Waals surface area contributed by atoms with Crippen LogP contribution < -0.4 is 0 Å². The van der Waals surface area contributed by atoms with Crippen molar-refractivity contribution in [2.45, 2.75) is 212 Å². The van der Waals surface area contributed by atoms with Crippen LogP contribution in [0.15, 0.2) is 36.5 Å². The van der Waals surface area contributed by atoms with E-state index in [-0.39, 0.29) is 25.2 Å². The average Bonchev–Trinajstić information content (AvgIpc) is 3.86. The van der Waals surface area contributed by atoms with Gasteiger partial charge in [-0.2, -0.15) is 0 Å². The Morgan fingerprint density at radius 2 is 1.02 bits per heavy atom. The minimum Gasteiger partial charge on any atom is -0.463 e. The van der Waals surface area contributed by atoms with Crippen LogP contribution in [0.5, 0.6) is 0 Å². The van der Waals surface area contributed by atoms with E-state index in [1.54, 1.807) is 0 Å². The third-order valence-electron chi connectivity index (χ3n) is 9.46. The number of unbranched alkanes of at least 4 members (excludes halogenated alkanes) is 18. The number of hydrogen-bond donors (Lipinski definition) is 1. The van der Waals surface area contributed by atoms with E-state index in [4.69, 9.17) is 14.2 Å². The van der Waals surface area contributed by atoms with E-state index < -0.39 is 6.10 Å². The van der Waals surface area contributed by atoms with Gasteiger partial charge < -0.3 is 19.3 Å². The van der Waals surface area contributed by atoms with Gasteiger partial charge in [-0.15, -0.1) is 0 Å². The molecule has 0 radical (unpaired) electrons. The summed E-state index contributed by atoms with van der Waals surface area (Å²) in [5, 5.41) is 10.0. The zero-order chi connectivity index (χ0) is 36.3. The Hall–Kier alpha value is -1.92. The molecule has 1 rings (SSSR count). The number of allylic oxidation sites excluding steroid dienone is 4. The van der Waals surface area contributed by atoms with Crippen molar-refractivity contribution in [2.75, 3.05) is 13.2 Å². The summed E-state index contributed by atoms with van der Waals surface area (Å²) in [6.07, 6.45) is 43.8. The fourth-order valence-electron chi connectivity index (χ4n) is 6.13. The molecule has 1 aliphatic heterocycles. The van der Waals surface area contributed by atoms with E-state index in [0.717, 1.165) is 50.9 Å². The van der Waals surface area contributed by atoms with Crippen molar-refractivity contribution in [1.29, 1.82) is 0 Å². The maximum Gasteiger partial charge on any atom is 0.305 e. The summed E-state index contributed by atoms with van der Waals surface area (Å²) in [6, 6.07) is 0. The highest BCUT2D eigenvalue weighted by atomic mass is 16.6. The Morgan fingerprint density at radius 1 is 0.580 bits per heavy atom. The standard InChI is InChI=1S/C44H78O6/c1-4-5-6-7-8-16-20-23-28-33-41-42(50-41)34-29-25-26-31-36-44(47)49-38-40(45)37-48-43(46)35-30-24-21-18-15-13-11-9-10-12-14-17-19-22-27-32-39(2)3/h8,16,23,25,28-29,39-42,45H,4-7,9-15,17-22,24,26-27,30-38H2,1-3H3/b16-8-,28-23-,29-25-/t40-,41?,42?/m0/s1. The summed E-state index contributed by atoms with van der Waals surface area (Å²) in [7, 11) is 0. The second-order valence-electron chi connectivity index (χ2n) is 15.0. The van der Waals surface area contributed by atoms with Crippen LogP contribution in [0.4, 0.5) is 0 Å². The van der Waals surface area contributed by atoms with Gasteiger partial charge in [-0.1, -0.05) is 166 Å². The van der Waals surface area contributed by atoms with Gasteiger partial charge in [0.1, 0.15) is 19.3 Å². The number of esters is 2. The van der Waals surface area contributed by atoms with Gasteiger partial charge in [-0.3, -0.25) is 9.59 Å². The lowest BCUT2D eigenvalue weighted by Gasteiger charge is -2.12. The first-order chi connectivity index (χ1) is 24.4. The van der Waals surface area contributed by atoms with Crippen molar-refractivity contribution < 1.29 is 28.9 Å². The molecule has 1 aliphatic rings. The molecule has 1 heterocycles. The van der Waals surface area contributed by atoms with Crippen molar-refractivity contribution in [3.05, 3.63) is 36.5 Å². The molecular formula is C44H78O6. The van der Waals surface area contributed by atoms with Crippen LogP contribution >= 0.6 is 0 Å². The van der Waals surface area contributed by atoms with Gasteiger partial charge in [0.25, 0.3) is 0 Å². The van der Waals surface area contributed by atoms with Crippen molar-refractivity contribution in [3.63, 3.8) is 0 Å². The smallest absolute Gasteiger partial charge is 0.305 e. The molecule has 50 heavy (non-hydrogen) atoms. The Morgan fingerprint density at radius 3 is 1.56 bits per heavy atom. The van der Waals surface area contributed by atoms with Gasteiger partial charge in [-0.25, -0.2) is 0 Å². The summed E-state index contributed by atoms with van der Waals surface area (Å²) >= 11 is 0. The van der Waals surface area contributed by atoms with Gasteiger partial charge in [0.05, 0.1) is 12.2 Å². The molecule has 6 nitrogen and oxygen atoms in total. The van der Waals surface area contributed by atoms with Crippen LogP contribution in [0.3, 0.4) is 0 Å². The van der Waals surface area contributed by atoms with E-state index in [2.05, 4.69) is 57.2 Å². The molecule has 0 bridgehead atoms. The van der Waals surface area contributed by atoms with Gasteiger partial charge in [0.2, 0.25) is 0 Å². The first-order valence-electron chi connectivity index (χ1n) is 21.0. The highest BCUT2D eigenvalue weighted by Crippen LogP contribution is 2.29. The predicted molar refractivity (Wildman–Crippen MR) is 209 cm³/mol. The number of hydrogen-bond acceptors (Lipinski definition) is 6. The SMILES string of the molecule is CCCCC/C=C\C/C=C\CC1OC1C/C=C\CCCC(=O)OC[C@@H](O)COC(=O)CCCCCCCCCCCCCCCCCC(C)C. The van der Waals surface area contributed by atoms with Crippen molar-refractivity contribution >= 4 is 11.9 Å². The molecule has 0 aliphatic carbocycles. The van der Waals surface area contributed by atoms with E-state index >= 15 is 0 Å². The maximum atomic E-state index is 12.0. The lowest BCUT2D eigenvalue weighted by molar-refractivity contribution is -0.152. The second-order valence-corrected chi connectivity index (χ2v) is 15.0. The van der Waals surface area contributed by atoms with Crippen LogP contribution in [0.1, 0.15) is 194 Å². The van der Waals surface area contributed by atoms with Crippen LogP contribution in [-0.2, 0) is 23.8 Å². The molecule has 2 unspecified atom stereocenters. The van der Waals surface area contributed by atoms with Crippen LogP contribution in [0, 0.1) is 5.92 Å². The number of epoxide rings is 1.